The average molecular weight is 197 g/mol. The van der Waals surface area contributed by atoms with E-state index in [1.165, 1.54) is 0 Å². The molecule has 0 saturated carbocycles. The standard InChI is InChI=1S/C7H7N3O4/c11-3-1-2-4(12)10(3)5-6(13)9-7(14)8-5/h5H,1-2H2,(H2,8,9,13,14). The van der Waals surface area contributed by atoms with Crippen molar-refractivity contribution in [3.05, 3.63) is 0 Å². The Morgan fingerprint density at radius 3 is 2.07 bits per heavy atom. The highest BCUT2D eigenvalue weighted by atomic mass is 16.2. The van der Waals surface area contributed by atoms with Crippen LogP contribution in [-0.2, 0) is 14.4 Å². The van der Waals surface area contributed by atoms with Gasteiger partial charge in [-0.3, -0.25) is 24.6 Å². The summed E-state index contributed by atoms with van der Waals surface area (Å²) in [6.45, 7) is 0. The molecule has 0 aliphatic carbocycles. The van der Waals surface area contributed by atoms with Crippen LogP contribution < -0.4 is 10.6 Å². The Kier molecular flexibility index (Phi) is 1.73. The van der Waals surface area contributed by atoms with Crippen molar-refractivity contribution in [3.63, 3.8) is 0 Å². The molecule has 0 radical (unpaired) electrons. The Balaban J connectivity index is 2.22. The van der Waals surface area contributed by atoms with Gasteiger partial charge in [-0.15, -0.1) is 0 Å². The van der Waals surface area contributed by atoms with Crippen molar-refractivity contribution in [2.24, 2.45) is 0 Å². The van der Waals surface area contributed by atoms with Crippen molar-refractivity contribution in [3.8, 4) is 0 Å². The molecule has 1 atom stereocenters. The van der Waals surface area contributed by atoms with Gasteiger partial charge in [0.2, 0.25) is 11.8 Å². The second-order valence-corrected chi connectivity index (χ2v) is 3.02. The smallest absolute Gasteiger partial charge is 0.309 e. The number of carbonyl (C=O) groups is 4. The summed E-state index contributed by atoms with van der Waals surface area (Å²) in [5, 5.41) is 4.14. The fourth-order valence-corrected chi connectivity index (χ4v) is 1.47. The SMILES string of the molecule is O=C1NC(=O)C(N2C(=O)CCC2=O)N1. The van der Waals surface area contributed by atoms with Crippen LogP contribution in [0.1, 0.15) is 12.8 Å². The zero-order valence-electron chi connectivity index (χ0n) is 7.07. The fourth-order valence-electron chi connectivity index (χ4n) is 1.47. The second-order valence-electron chi connectivity index (χ2n) is 3.02. The van der Waals surface area contributed by atoms with Crippen molar-refractivity contribution in [1.29, 1.82) is 0 Å². The molecule has 2 heterocycles. The van der Waals surface area contributed by atoms with E-state index in [0.717, 1.165) is 4.90 Å². The van der Waals surface area contributed by atoms with Crippen molar-refractivity contribution in [1.82, 2.24) is 15.5 Å². The van der Waals surface area contributed by atoms with Crippen molar-refractivity contribution in [2.45, 2.75) is 19.0 Å². The largest absolute Gasteiger partial charge is 0.323 e. The quantitative estimate of drug-likeness (QED) is 0.387. The van der Waals surface area contributed by atoms with E-state index in [-0.39, 0.29) is 12.8 Å². The van der Waals surface area contributed by atoms with Crippen molar-refractivity contribution in [2.75, 3.05) is 0 Å². The maximum atomic E-state index is 11.2. The molecule has 0 spiro atoms. The zero-order valence-corrected chi connectivity index (χ0v) is 7.07. The molecule has 2 N–H and O–H groups in total. The van der Waals surface area contributed by atoms with Gasteiger partial charge in [0.25, 0.3) is 5.91 Å². The van der Waals surface area contributed by atoms with Crippen LogP contribution >= 0.6 is 0 Å². The summed E-state index contributed by atoms with van der Waals surface area (Å²) >= 11 is 0. The minimum absolute atomic E-state index is 0.0957. The minimum Gasteiger partial charge on any atom is -0.309 e. The number of likely N-dealkylation sites (tertiary alicyclic amines) is 1. The molecule has 7 heteroatoms. The van der Waals surface area contributed by atoms with Gasteiger partial charge in [-0.25, -0.2) is 4.79 Å². The van der Waals surface area contributed by atoms with Crippen LogP contribution in [0.25, 0.3) is 0 Å². The van der Waals surface area contributed by atoms with Gasteiger partial charge in [-0.1, -0.05) is 0 Å². The first-order valence-corrected chi connectivity index (χ1v) is 4.06. The number of nitrogens with one attached hydrogen (secondary N) is 2. The highest BCUT2D eigenvalue weighted by Crippen LogP contribution is 2.15. The van der Waals surface area contributed by atoms with E-state index in [9.17, 15) is 19.2 Å². The Bertz CT molecular complexity index is 335. The molecule has 2 aliphatic rings. The molecule has 0 bridgehead atoms. The maximum Gasteiger partial charge on any atom is 0.323 e. The van der Waals surface area contributed by atoms with E-state index in [4.69, 9.17) is 0 Å². The van der Waals surface area contributed by atoms with Crippen LogP contribution in [0.15, 0.2) is 0 Å². The first kappa shape index (κ1) is 8.67. The predicted molar refractivity (Wildman–Crippen MR) is 41.5 cm³/mol. The molecule has 14 heavy (non-hydrogen) atoms. The summed E-state index contributed by atoms with van der Waals surface area (Å²) in [6.07, 6.45) is -0.971. The van der Waals surface area contributed by atoms with Gasteiger partial charge in [0.05, 0.1) is 0 Å². The number of amides is 5. The molecule has 2 aliphatic heterocycles. The molecule has 74 valence electrons. The number of hydrogen-bond acceptors (Lipinski definition) is 4. The summed E-state index contributed by atoms with van der Waals surface area (Å²) in [4.78, 5) is 45.1. The van der Waals surface area contributed by atoms with Crippen LogP contribution in [0.3, 0.4) is 0 Å². The lowest BCUT2D eigenvalue weighted by Gasteiger charge is -2.18. The van der Waals surface area contributed by atoms with Gasteiger partial charge in [0, 0.05) is 12.8 Å². The number of nitrogens with zero attached hydrogens (tertiary/aromatic N) is 1. The Labute approximate surface area is 78.4 Å². The maximum absolute atomic E-state index is 11.2. The molecule has 1 unspecified atom stereocenters. The van der Waals surface area contributed by atoms with Gasteiger partial charge in [0.15, 0.2) is 6.17 Å². The molecule has 2 rings (SSSR count). The number of rotatable bonds is 1. The number of imide groups is 2. The van der Waals surface area contributed by atoms with Crippen molar-refractivity contribution < 1.29 is 19.2 Å². The highest BCUT2D eigenvalue weighted by Gasteiger charge is 2.43. The van der Waals surface area contributed by atoms with Crippen LogP contribution in [0.5, 0.6) is 0 Å². The molecular formula is C7H7N3O4. The van der Waals surface area contributed by atoms with Gasteiger partial charge in [0.1, 0.15) is 0 Å². The first-order valence-electron chi connectivity index (χ1n) is 4.06. The molecule has 0 aromatic heterocycles. The summed E-state index contributed by atoms with van der Waals surface area (Å²) in [6, 6.07) is -0.687. The minimum atomic E-state index is -1.16. The molecular weight excluding hydrogens is 190 g/mol. The molecule has 0 aromatic carbocycles. The monoisotopic (exact) mass is 197 g/mol. The topological polar surface area (TPSA) is 95.6 Å². The third-order valence-electron chi connectivity index (χ3n) is 2.10. The zero-order chi connectivity index (χ0) is 10.3. The number of carbonyl (C=O) groups excluding carboxylic acids is 4. The third kappa shape index (κ3) is 1.13. The van der Waals surface area contributed by atoms with E-state index in [0.29, 0.717) is 0 Å². The molecule has 0 aromatic rings. The highest BCUT2D eigenvalue weighted by molar-refractivity contribution is 6.11. The van der Waals surface area contributed by atoms with Gasteiger partial charge in [-0.05, 0) is 0 Å². The summed E-state index contributed by atoms with van der Waals surface area (Å²) in [7, 11) is 0. The summed E-state index contributed by atoms with van der Waals surface area (Å²) in [5.74, 6) is -1.53. The van der Waals surface area contributed by atoms with E-state index in [1.54, 1.807) is 0 Å². The lowest BCUT2D eigenvalue weighted by Crippen LogP contribution is -2.49. The number of hydrogen-bond donors (Lipinski definition) is 2. The van der Waals surface area contributed by atoms with Crippen molar-refractivity contribution >= 4 is 23.8 Å². The lowest BCUT2D eigenvalue weighted by molar-refractivity contribution is -0.145. The number of urea groups is 1. The molecule has 2 fully saturated rings. The Morgan fingerprint density at radius 2 is 1.64 bits per heavy atom. The average Bonchev–Trinajstić information content (AvgIpc) is 2.57. The summed E-state index contributed by atoms with van der Waals surface area (Å²) < 4.78 is 0. The van der Waals surface area contributed by atoms with E-state index < -0.39 is 29.9 Å². The normalized spacial score (nSPS) is 26.9. The Morgan fingerprint density at radius 1 is 1.07 bits per heavy atom. The lowest BCUT2D eigenvalue weighted by atomic mass is 10.4. The molecule has 2 saturated heterocycles. The van der Waals surface area contributed by atoms with Gasteiger partial charge < -0.3 is 5.32 Å². The first-order chi connectivity index (χ1) is 6.59. The Hall–Kier alpha value is -1.92. The van der Waals surface area contributed by atoms with Gasteiger partial charge in [-0.2, -0.15) is 0 Å². The summed E-state index contributed by atoms with van der Waals surface area (Å²) in [5.41, 5.74) is 0. The fraction of sp³-hybridized carbons (Fsp3) is 0.429. The van der Waals surface area contributed by atoms with Crippen LogP contribution in [0, 0.1) is 0 Å². The van der Waals surface area contributed by atoms with Gasteiger partial charge >= 0.3 is 6.03 Å². The van der Waals surface area contributed by atoms with Crippen LogP contribution in [0.4, 0.5) is 4.79 Å². The predicted octanol–water partition coefficient (Wildman–Crippen LogP) is -1.70. The van der Waals surface area contributed by atoms with E-state index in [2.05, 4.69) is 5.32 Å². The molecule has 7 nitrogen and oxygen atoms in total. The van der Waals surface area contributed by atoms with E-state index in [1.807, 2.05) is 5.32 Å². The van der Waals surface area contributed by atoms with E-state index >= 15 is 0 Å². The molecule has 5 amide bonds. The second kappa shape index (κ2) is 2.79. The van der Waals surface area contributed by atoms with Crippen LogP contribution in [-0.4, -0.2) is 34.8 Å². The third-order valence-corrected chi connectivity index (χ3v) is 2.10. The van der Waals surface area contributed by atoms with Crippen LogP contribution in [0.2, 0.25) is 0 Å².